The van der Waals surface area contributed by atoms with Gasteiger partial charge in [0.15, 0.2) is 17.4 Å². The molecule has 2 heterocycles. The van der Waals surface area contributed by atoms with Crippen LogP contribution < -0.4 is 10.1 Å². The number of furan rings is 1. The van der Waals surface area contributed by atoms with Crippen LogP contribution in [0.25, 0.3) is 0 Å². The summed E-state index contributed by atoms with van der Waals surface area (Å²) < 4.78 is 42.2. The van der Waals surface area contributed by atoms with Crippen molar-refractivity contribution in [2.45, 2.75) is 13.2 Å². The van der Waals surface area contributed by atoms with Crippen molar-refractivity contribution in [3.8, 4) is 11.6 Å². The number of nitrogens with zero attached hydrogens (tertiary/aromatic N) is 1. The molecule has 3 aromatic rings. The number of halogens is 2. The molecule has 0 aliphatic carbocycles. The molecule has 27 heavy (non-hydrogen) atoms. The van der Waals surface area contributed by atoms with Crippen LogP contribution in [-0.2, 0) is 17.9 Å². The Balaban J connectivity index is 1.68. The van der Waals surface area contributed by atoms with Crippen LogP contribution in [0.1, 0.15) is 21.9 Å². The van der Waals surface area contributed by atoms with Gasteiger partial charge >= 0.3 is 0 Å². The number of benzene rings is 1. The quantitative estimate of drug-likeness (QED) is 0.681. The van der Waals surface area contributed by atoms with Crippen molar-refractivity contribution in [2.24, 2.45) is 0 Å². The van der Waals surface area contributed by atoms with Gasteiger partial charge in [-0.15, -0.1) is 0 Å². The Morgan fingerprint density at radius 2 is 2.04 bits per heavy atom. The second-order valence-corrected chi connectivity index (χ2v) is 5.53. The number of rotatable bonds is 7. The number of aromatic nitrogens is 1. The molecular weight excluding hydrogens is 358 g/mol. The molecule has 0 fully saturated rings. The van der Waals surface area contributed by atoms with Gasteiger partial charge in [0.2, 0.25) is 5.88 Å². The van der Waals surface area contributed by atoms with E-state index in [4.69, 9.17) is 13.9 Å². The normalized spacial score (nSPS) is 10.6. The Hall–Kier alpha value is -3.26. The molecule has 0 bridgehead atoms. The zero-order valence-corrected chi connectivity index (χ0v) is 14.4. The predicted octanol–water partition coefficient (Wildman–Crippen LogP) is 3.82. The topological polar surface area (TPSA) is 73.6 Å². The number of hydrogen-bond donors (Lipinski definition) is 1. The average molecular weight is 374 g/mol. The minimum absolute atomic E-state index is 0.0930. The number of ether oxygens (including phenoxy) is 2. The molecule has 0 aliphatic rings. The Morgan fingerprint density at radius 3 is 2.81 bits per heavy atom. The summed E-state index contributed by atoms with van der Waals surface area (Å²) in [5.41, 5.74) is 0.555. The molecule has 0 radical (unpaired) electrons. The standard InChI is InChI=1S/C19H16F2N2O4/c1-25-11-14-5-7-17(26-14)18(24)23-10-12-3-2-8-22-19(12)27-13-4-6-15(20)16(21)9-13/h2-9H,10-11H2,1H3,(H,23,24). The van der Waals surface area contributed by atoms with Crippen LogP contribution in [0.3, 0.4) is 0 Å². The van der Waals surface area contributed by atoms with Gasteiger partial charge in [-0.05, 0) is 30.3 Å². The summed E-state index contributed by atoms with van der Waals surface area (Å²) in [6.45, 7) is 0.369. The van der Waals surface area contributed by atoms with E-state index in [0.29, 0.717) is 11.3 Å². The highest BCUT2D eigenvalue weighted by Gasteiger charge is 2.13. The summed E-state index contributed by atoms with van der Waals surface area (Å²) in [5.74, 6) is -1.47. The van der Waals surface area contributed by atoms with Gasteiger partial charge in [0.05, 0.1) is 0 Å². The van der Waals surface area contributed by atoms with E-state index in [1.54, 1.807) is 24.3 Å². The van der Waals surface area contributed by atoms with Crippen LogP contribution in [0, 0.1) is 11.6 Å². The summed E-state index contributed by atoms with van der Waals surface area (Å²) in [6, 6.07) is 9.74. The van der Waals surface area contributed by atoms with Crippen LogP contribution in [0.15, 0.2) is 53.1 Å². The Labute approximate surface area is 153 Å². The first-order valence-electron chi connectivity index (χ1n) is 7.99. The largest absolute Gasteiger partial charge is 0.453 e. The minimum Gasteiger partial charge on any atom is -0.453 e. The molecule has 3 rings (SSSR count). The van der Waals surface area contributed by atoms with E-state index in [1.807, 2.05) is 0 Å². The van der Waals surface area contributed by atoms with Crippen molar-refractivity contribution in [3.05, 3.63) is 77.4 Å². The number of carbonyl (C=O) groups excluding carboxylic acids is 1. The number of methoxy groups -OCH3 is 1. The third-order valence-electron chi connectivity index (χ3n) is 3.57. The maximum Gasteiger partial charge on any atom is 0.287 e. The van der Waals surface area contributed by atoms with Crippen LogP contribution in [-0.4, -0.2) is 18.0 Å². The highest BCUT2D eigenvalue weighted by molar-refractivity contribution is 5.91. The van der Waals surface area contributed by atoms with E-state index in [9.17, 15) is 13.6 Å². The molecule has 1 N–H and O–H groups in total. The van der Waals surface area contributed by atoms with E-state index >= 15 is 0 Å². The fourth-order valence-electron chi connectivity index (χ4n) is 2.28. The van der Waals surface area contributed by atoms with E-state index in [0.717, 1.165) is 12.1 Å². The SMILES string of the molecule is COCc1ccc(C(=O)NCc2cccnc2Oc2ccc(F)c(F)c2)o1. The van der Waals surface area contributed by atoms with Crippen LogP contribution in [0.2, 0.25) is 0 Å². The van der Waals surface area contributed by atoms with Crippen molar-refractivity contribution in [1.29, 1.82) is 0 Å². The maximum atomic E-state index is 13.3. The second-order valence-electron chi connectivity index (χ2n) is 5.53. The molecule has 0 atom stereocenters. The fraction of sp³-hybridized carbons (Fsp3) is 0.158. The van der Waals surface area contributed by atoms with E-state index < -0.39 is 17.5 Å². The van der Waals surface area contributed by atoms with Gasteiger partial charge in [0.25, 0.3) is 5.91 Å². The van der Waals surface area contributed by atoms with Crippen molar-refractivity contribution < 1.29 is 27.5 Å². The second kappa shape index (κ2) is 8.41. The summed E-state index contributed by atoms with van der Waals surface area (Å²) in [4.78, 5) is 16.3. The van der Waals surface area contributed by atoms with E-state index in [1.165, 1.54) is 19.4 Å². The molecule has 8 heteroatoms. The van der Waals surface area contributed by atoms with Gasteiger partial charge in [-0.25, -0.2) is 13.8 Å². The van der Waals surface area contributed by atoms with E-state index in [2.05, 4.69) is 10.3 Å². The Kier molecular flexibility index (Phi) is 5.77. The van der Waals surface area contributed by atoms with E-state index in [-0.39, 0.29) is 30.5 Å². The minimum atomic E-state index is -1.03. The predicted molar refractivity (Wildman–Crippen MR) is 91.3 cm³/mol. The average Bonchev–Trinajstić information content (AvgIpc) is 3.13. The number of nitrogens with one attached hydrogen (secondary N) is 1. The highest BCUT2D eigenvalue weighted by atomic mass is 19.2. The molecule has 2 aromatic heterocycles. The molecule has 0 saturated heterocycles. The number of hydrogen-bond acceptors (Lipinski definition) is 5. The van der Waals surface area contributed by atoms with Gasteiger partial charge < -0.3 is 19.2 Å². The molecule has 6 nitrogen and oxygen atoms in total. The highest BCUT2D eigenvalue weighted by Crippen LogP contribution is 2.24. The smallest absolute Gasteiger partial charge is 0.287 e. The maximum absolute atomic E-state index is 13.3. The first kappa shape index (κ1) is 18.5. The first-order chi connectivity index (χ1) is 13.1. The van der Waals surface area contributed by atoms with Crippen molar-refractivity contribution in [2.75, 3.05) is 7.11 Å². The fourth-order valence-corrected chi connectivity index (χ4v) is 2.28. The lowest BCUT2D eigenvalue weighted by Crippen LogP contribution is -2.22. The molecule has 0 saturated carbocycles. The third kappa shape index (κ3) is 4.68. The molecule has 0 unspecified atom stereocenters. The van der Waals surface area contributed by atoms with Gasteiger partial charge in [-0.1, -0.05) is 6.07 Å². The van der Waals surface area contributed by atoms with Crippen molar-refractivity contribution in [1.82, 2.24) is 10.3 Å². The monoisotopic (exact) mass is 374 g/mol. The molecule has 0 spiro atoms. The third-order valence-corrected chi connectivity index (χ3v) is 3.57. The summed E-state index contributed by atoms with van der Waals surface area (Å²) in [7, 11) is 1.53. The lowest BCUT2D eigenvalue weighted by molar-refractivity contribution is 0.0914. The van der Waals surface area contributed by atoms with Crippen LogP contribution >= 0.6 is 0 Å². The van der Waals surface area contributed by atoms with Gasteiger partial charge in [-0.3, -0.25) is 4.79 Å². The zero-order chi connectivity index (χ0) is 19.2. The van der Waals surface area contributed by atoms with Crippen molar-refractivity contribution >= 4 is 5.91 Å². The number of pyridine rings is 1. The van der Waals surface area contributed by atoms with Gasteiger partial charge in [-0.2, -0.15) is 0 Å². The number of amides is 1. The lowest BCUT2D eigenvalue weighted by Gasteiger charge is -2.10. The molecular formula is C19H16F2N2O4. The van der Waals surface area contributed by atoms with Gasteiger partial charge in [0.1, 0.15) is 18.1 Å². The zero-order valence-electron chi connectivity index (χ0n) is 14.4. The number of carbonyl (C=O) groups is 1. The Bertz CT molecular complexity index is 943. The lowest BCUT2D eigenvalue weighted by atomic mass is 10.2. The first-order valence-corrected chi connectivity index (χ1v) is 7.99. The van der Waals surface area contributed by atoms with Crippen LogP contribution in [0.4, 0.5) is 8.78 Å². The van der Waals surface area contributed by atoms with Crippen LogP contribution in [0.5, 0.6) is 11.6 Å². The van der Waals surface area contributed by atoms with Crippen molar-refractivity contribution in [3.63, 3.8) is 0 Å². The van der Waals surface area contributed by atoms with Gasteiger partial charge in [0, 0.05) is 31.5 Å². The molecule has 1 aromatic carbocycles. The molecule has 1 amide bonds. The summed E-state index contributed by atoms with van der Waals surface area (Å²) in [5, 5.41) is 2.69. The summed E-state index contributed by atoms with van der Waals surface area (Å²) >= 11 is 0. The summed E-state index contributed by atoms with van der Waals surface area (Å²) in [6.07, 6.45) is 1.49. The molecule has 140 valence electrons. The molecule has 0 aliphatic heterocycles. The Morgan fingerprint density at radius 1 is 1.19 bits per heavy atom.